The molecule has 1 aromatic rings. The standard InChI is InChI=1S/C16H23NO2/c1-11-4-5-12(2)15(8-11)16(19)17-7-6-14(10-18)9-13(17)3/h4-5,8,13-14,18H,6-7,9-10H2,1-3H3/t13-,14-/m0/s1. The van der Waals surface area contributed by atoms with Crippen molar-refractivity contribution in [2.75, 3.05) is 13.2 Å². The average Bonchev–Trinajstić information content (AvgIpc) is 2.40. The molecule has 1 N–H and O–H groups in total. The van der Waals surface area contributed by atoms with Gasteiger partial charge in [-0.3, -0.25) is 4.79 Å². The minimum absolute atomic E-state index is 0.130. The van der Waals surface area contributed by atoms with Gasteiger partial charge >= 0.3 is 0 Å². The number of hydrogen-bond donors (Lipinski definition) is 1. The molecule has 19 heavy (non-hydrogen) atoms. The second kappa shape index (κ2) is 5.74. The van der Waals surface area contributed by atoms with E-state index < -0.39 is 0 Å². The summed E-state index contributed by atoms with van der Waals surface area (Å²) in [4.78, 5) is 14.6. The average molecular weight is 261 g/mol. The van der Waals surface area contributed by atoms with Crippen LogP contribution in [0.4, 0.5) is 0 Å². The lowest BCUT2D eigenvalue weighted by atomic mass is 9.91. The Kier molecular flexibility index (Phi) is 4.25. The van der Waals surface area contributed by atoms with Gasteiger partial charge in [0.2, 0.25) is 0 Å². The Bertz CT molecular complexity index is 470. The third-order valence-corrected chi connectivity index (χ3v) is 4.13. The van der Waals surface area contributed by atoms with Gasteiger partial charge in [-0.15, -0.1) is 0 Å². The maximum Gasteiger partial charge on any atom is 0.254 e. The molecule has 1 saturated heterocycles. The van der Waals surface area contributed by atoms with Crippen LogP contribution >= 0.6 is 0 Å². The zero-order valence-corrected chi connectivity index (χ0v) is 12.0. The van der Waals surface area contributed by atoms with Gasteiger partial charge in [0.15, 0.2) is 0 Å². The molecule has 2 atom stereocenters. The molecular formula is C16H23NO2. The highest BCUT2D eigenvalue weighted by atomic mass is 16.3. The molecule has 1 fully saturated rings. The molecule has 0 spiro atoms. The van der Waals surface area contributed by atoms with E-state index in [1.807, 2.05) is 36.9 Å². The first-order valence-electron chi connectivity index (χ1n) is 7.02. The Balaban J connectivity index is 2.18. The van der Waals surface area contributed by atoms with Crippen LogP contribution in [0.15, 0.2) is 18.2 Å². The highest BCUT2D eigenvalue weighted by molar-refractivity contribution is 5.96. The molecule has 104 valence electrons. The van der Waals surface area contributed by atoms with E-state index in [9.17, 15) is 9.90 Å². The van der Waals surface area contributed by atoms with Gasteiger partial charge in [-0.05, 0) is 51.2 Å². The predicted molar refractivity (Wildman–Crippen MR) is 76.2 cm³/mol. The third kappa shape index (κ3) is 2.98. The molecule has 0 unspecified atom stereocenters. The Morgan fingerprint density at radius 3 is 2.79 bits per heavy atom. The molecule has 0 aliphatic carbocycles. The number of rotatable bonds is 2. The van der Waals surface area contributed by atoms with E-state index in [0.717, 1.165) is 36.1 Å². The number of carbonyl (C=O) groups excluding carboxylic acids is 1. The van der Waals surface area contributed by atoms with Crippen LogP contribution in [0.25, 0.3) is 0 Å². The molecule has 1 aromatic carbocycles. The molecule has 1 amide bonds. The number of amides is 1. The van der Waals surface area contributed by atoms with Crippen LogP contribution in [-0.4, -0.2) is 35.1 Å². The van der Waals surface area contributed by atoms with Crippen LogP contribution in [0.3, 0.4) is 0 Å². The van der Waals surface area contributed by atoms with Crippen molar-refractivity contribution < 1.29 is 9.90 Å². The zero-order valence-electron chi connectivity index (χ0n) is 12.0. The number of aryl methyl sites for hydroxylation is 2. The van der Waals surface area contributed by atoms with Gasteiger partial charge in [0.25, 0.3) is 5.91 Å². The molecule has 1 heterocycles. The summed E-state index contributed by atoms with van der Waals surface area (Å²) in [5, 5.41) is 9.23. The lowest BCUT2D eigenvalue weighted by Crippen LogP contribution is -2.45. The van der Waals surface area contributed by atoms with Gasteiger partial charge in [-0.2, -0.15) is 0 Å². The van der Waals surface area contributed by atoms with E-state index >= 15 is 0 Å². The van der Waals surface area contributed by atoms with Crippen LogP contribution in [0, 0.1) is 19.8 Å². The second-order valence-electron chi connectivity index (χ2n) is 5.74. The largest absolute Gasteiger partial charge is 0.396 e. The second-order valence-corrected chi connectivity index (χ2v) is 5.74. The van der Waals surface area contributed by atoms with Gasteiger partial charge in [0.05, 0.1) is 0 Å². The summed E-state index contributed by atoms with van der Waals surface area (Å²) in [5.74, 6) is 0.475. The van der Waals surface area contributed by atoms with Crippen molar-refractivity contribution in [1.29, 1.82) is 0 Å². The quantitative estimate of drug-likeness (QED) is 0.888. The van der Waals surface area contributed by atoms with E-state index in [2.05, 4.69) is 6.92 Å². The Labute approximate surface area is 115 Å². The maximum atomic E-state index is 12.6. The normalized spacial score (nSPS) is 23.5. The summed E-state index contributed by atoms with van der Waals surface area (Å²) in [7, 11) is 0. The van der Waals surface area contributed by atoms with E-state index in [1.165, 1.54) is 0 Å². The van der Waals surface area contributed by atoms with Gasteiger partial charge < -0.3 is 10.0 Å². The van der Waals surface area contributed by atoms with Gasteiger partial charge in [0.1, 0.15) is 0 Å². The lowest BCUT2D eigenvalue weighted by Gasteiger charge is -2.37. The topological polar surface area (TPSA) is 40.5 Å². The van der Waals surface area contributed by atoms with Gasteiger partial charge in [-0.1, -0.05) is 17.7 Å². The first kappa shape index (κ1) is 14.1. The summed E-state index contributed by atoms with van der Waals surface area (Å²) in [6, 6.07) is 6.22. The fraction of sp³-hybridized carbons (Fsp3) is 0.562. The van der Waals surface area contributed by atoms with Crippen LogP contribution < -0.4 is 0 Å². The molecule has 0 aromatic heterocycles. The number of carbonyl (C=O) groups is 1. The van der Waals surface area contributed by atoms with Crippen molar-refractivity contribution in [3.8, 4) is 0 Å². The highest BCUT2D eigenvalue weighted by Gasteiger charge is 2.29. The fourth-order valence-electron chi connectivity index (χ4n) is 2.86. The molecule has 1 aliphatic rings. The Morgan fingerprint density at radius 2 is 2.16 bits per heavy atom. The lowest BCUT2D eigenvalue weighted by molar-refractivity contribution is 0.0514. The molecule has 3 nitrogen and oxygen atoms in total. The van der Waals surface area contributed by atoms with E-state index in [-0.39, 0.29) is 18.6 Å². The summed E-state index contributed by atoms with van der Waals surface area (Å²) >= 11 is 0. The number of likely N-dealkylation sites (tertiary alicyclic amines) is 1. The number of hydrogen-bond acceptors (Lipinski definition) is 2. The van der Waals surface area contributed by atoms with Crippen molar-refractivity contribution in [2.45, 2.75) is 39.7 Å². The molecule has 0 bridgehead atoms. The summed E-state index contributed by atoms with van der Waals surface area (Å²) < 4.78 is 0. The Morgan fingerprint density at radius 1 is 1.42 bits per heavy atom. The fourth-order valence-corrected chi connectivity index (χ4v) is 2.86. The minimum Gasteiger partial charge on any atom is -0.396 e. The SMILES string of the molecule is Cc1ccc(C)c(C(=O)N2CC[C@H](CO)C[C@@H]2C)c1. The summed E-state index contributed by atoms with van der Waals surface area (Å²) in [6.45, 7) is 7.05. The highest BCUT2D eigenvalue weighted by Crippen LogP contribution is 2.25. The van der Waals surface area contributed by atoms with Crippen molar-refractivity contribution in [3.63, 3.8) is 0 Å². The summed E-state index contributed by atoms with van der Waals surface area (Å²) in [6.07, 6.45) is 1.80. The van der Waals surface area contributed by atoms with E-state index in [0.29, 0.717) is 5.92 Å². The predicted octanol–water partition coefficient (Wildman–Crippen LogP) is 2.54. The van der Waals surface area contributed by atoms with Crippen molar-refractivity contribution in [3.05, 3.63) is 34.9 Å². The zero-order chi connectivity index (χ0) is 14.0. The number of aliphatic hydroxyl groups excluding tert-OH is 1. The third-order valence-electron chi connectivity index (χ3n) is 4.13. The Hall–Kier alpha value is -1.35. The monoisotopic (exact) mass is 261 g/mol. The van der Waals surface area contributed by atoms with E-state index in [1.54, 1.807) is 0 Å². The molecule has 2 rings (SSSR count). The smallest absolute Gasteiger partial charge is 0.254 e. The van der Waals surface area contributed by atoms with Crippen LogP contribution in [0.2, 0.25) is 0 Å². The van der Waals surface area contributed by atoms with Crippen molar-refractivity contribution in [2.24, 2.45) is 5.92 Å². The molecule has 3 heteroatoms. The van der Waals surface area contributed by atoms with Crippen LogP contribution in [0.1, 0.15) is 41.3 Å². The number of aliphatic hydroxyl groups is 1. The first-order valence-corrected chi connectivity index (χ1v) is 7.02. The van der Waals surface area contributed by atoms with Gasteiger partial charge in [0, 0.05) is 24.8 Å². The minimum atomic E-state index is 0.130. The number of benzene rings is 1. The number of nitrogens with zero attached hydrogens (tertiary/aromatic N) is 1. The maximum absolute atomic E-state index is 12.6. The molecule has 1 aliphatic heterocycles. The molecule has 0 saturated carbocycles. The van der Waals surface area contributed by atoms with Gasteiger partial charge in [-0.25, -0.2) is 0 Å². The number of piperidine rings is 1. The molecular weight excluding hydrogens is 238 g/mol. The summed E-state index contributed by atoms with van der Waals surface area (Å²) in [5.41, 5.74) is 2.97. The molecule has 0 radical (unpaired) electrons. The van der Waals surface area contributed by atoms with Crippen molar-refractivity contribution >= 4 is 5.91 Å². The van der Waals surface area contributed by atoms with Crippen LogP contribution in [0.5, 0.6) is 0 Å². The first-order chi connectivity index (χ1) is 9.02. The van der Waals surface area contributed by atoms with E-state index in [4.69, 9.17) is 0 Å². The van der Waals surface area contributed by atoms with Crippen LogP contribution in [-0.2, 0) is 0 Å². The van der Waals surface area contributed by atoms with Crippen molar-refractivity contribution in [1.82, 2.24) is 4.90 Å².